The molecule has 2 saturated heterocycles. The number of piperidine rings is 1. The molecule has 2 aromatic rings. The third-order valence-corrected chi connectivity index (χ3v) is 7.03. The highest BCUT2D eigenvalue weighted by Gasteiger charge is 2.47. The fraction of sp³-hybridized carbons (Fsp3) is 0.524. The van der Waals surface area contributed by atoms with E-state index in [1.54, 1.807) is 18.5 Å². The molecule has 8 nitrogen and oxygen atoms in total. The maximum Gasteiger partial charge on any atom is 0.243 e. The Hall–Kier alpha value is -2.29. The smallest absolute Gasteiger partial charge is 0.243 e. The molecule has 0 radical (unpaired) electrons. The Balaban J connectivity index is 1.29. The first kappa shape index (κ1) is 19.7. The summed E-state index contributed by atoms with van der Waals surface area (Å²) in [6.45, 7) is 6.89. The zero-order chi connectivity index (χ0) is 20.9. The van der Waals surface area contributed by atoms with Crippen molar-refractivity contribution in [2.45, 2.75) is 45.4 Å². The van der Waals surface area contributed by atoms with Gasteiger partial charge in [-0.15, -0.1) is 0 Å². The third-order valence-electron chi connectivity index (χ3n) is 6.57. The summed E-state index contributed by atoms with van der Waals surface area (Å²) in [5.41, 5.74) is 8.71. The van der Waals surface area contributed by atoms with Gasteiger partial charge in [0.25, 0.3) is 0 Å². The Bertz CT molecular complexity index is 1000. The summed E-state index contributed by atoms with van der Waals surface area (Å²) in [4.78, 5) is 20.3. The Morgan fingerprint density at radius 3 is 2.83 bits per heavy atom. The van der Waals surface area contributed by atoms with Crippen molar-refractivity contribution in [3.8, 4) is 5.75 Å². The maximum absolute atomic E-state index is 6.43. The predicted octanol–water partition coefficient (Wildman–Crippen LogP) is 2.51. The second kappa shape index (κ2) is 7.44. The Labute approximate surface area is 180 Å². The number of nitrogens with zero attached hydrogens (tertiary/aromatic N) is 5. The van der Waals surface area contributed by atoms with Gasteiger partial charge < -0.3 is 20.1 Å². The predicted molar refractivity (Wildman–Crippen MR) is 114 cm³/mol. The monoisotopic (exact) mass is 428 g/mol. The van der Waals surface area contributed by atoms with Gasteiger partial charge in [-0.3, -0.25) is 4.98 Å². The van der Waals surface area contributed by atoms with E-state index >= 15 is 0 Å². The lowest BCUT2D eigenvalue weighted by Gasteiger charge is -2.41. The average Bonchev–Trinajstić information content (AvgIpc) is 3.28. The number of anilines is 1. The minimum absolute atomic E-state index is 0.0894. The molecule has 5 rings (SSSR count). The Morgan fingerprint density at radius 1 is 1.30 bits per heavy atom. The molecule has 30 heavy (non-hydrogen) atoms. The summed E-state index contributed by atoms with van der Waals surface area (Å²) in [7, 11) is 0. The Morgan fingerprint density at radius 2 is 2.10 bits per heavy atom. The fourth-order valence-corrected chi connectivity index (χ4v) is 4.67. The first-order chi connectivity index (χ1) is 14.5. The van der Waals surface area contributed by atoms with Crippen LogP contribution in [0.4, 0.5) is 5.82 Å². The number of fused-ring (bicyclic) bond motifs is 1. The van der Waals surface area contributed by atoms with Crippen LogP contribution in [0.25, 0.3) is 0 Å². The van der Waals surface area contributed by atoms with E-state index in [-0.39, 0.29) is 17.6 Å². The first-order valence-corrected chi connectivity index (χ1v) is 10.7. The summed E-state index contributed by atoms with van der Waals surface area (Å²) < 4.78 is 11.7. The van der Waals surface area contributed by atoms with Crippen molar-refractivity contribution < 1.29 is 9.47 Å². The minimum atomic E-state index is 0.0894. The molecule has 2 atom stereocenters. The molecule has 1 spiro atoms. The number of ether oxygens (including phenoxy) is 2. The van der Waals surface area contributed by atoms with E-state index < -0.39 is 0 Å². The van der Waals surface area contributed by atoms with Crippen molar-refractivity contribution in [1.29, 1.82) is 0 Å². The summed E-state index contributed by atoms with van der Waals surface area (Å²) in [6.07, 6.45) is 5.59. The van der Waals surface area contributed by atoms with E-state index in [0.717, 1.165) is 44.0 Å². The molecule has 0 unspecified atom stereocenters. The van der Waals surface area contributed by atoms with Crippen LogP contribution in [0.1, 0.15) is 36.8 Å². The van der Waals surface area contributed by atoms with E-state index in [9.17, 15) is 0 Å². The third kappa shape index (κ3) is 3.23. The lowest BCUT2D eigenvalue weighted by atomic mass is 9.73. The topological polar surface area (TPSA) is 98.8 Å². The molecule has 2 fully saturated rings. The van der Waals surface area contributed by atoms with Crippen LogP contribution in [0.15, 0.2) is 23.5 Å². The van der Waals surface area contributed by atoms with Gasteiger partial charge in [-0.25, -0.2) is 15.0 Å². The molecule has 0 aromatic carbocycles. The molecule has 2 aromatic heterocycles. The van der Waals surface area contributed by atoms with E-state index in [4.69, 9.17) is 31.8 Å². The first-order valence-electron chi connectivity index (χ1n) is 10.3. The number of rotatable bonds is 2. The lowest BCUT2D eigenvalue weighted by Crippen LogP contribution is -2.50. The van der Waals surface area contributed by atoms with Crippen molar-refractivity contribution in [2.75, 3.05) is 24.6 Å². The van der Waals surface area contributed by atoms with Crippen molar-refractivity contribution >= 4 is 23.3 Å². The highest BCUT2D eigenvalue weighted by Crippen LogP contribution is 2.41. The van der Waals surface area contributed by atoms with Crippen molar-refractivity contribution in [1.82, 2.24) is 15.0 Å². The average molecular weight is 429 g/mol. The van der Waals surface area contributed by atoms with Crippen LogP contribution >= 0.6 is 11.6 Å². The van der Waals surface area contributed by atoms with Crippen LogP contribution in [0.3, 0.4) is 0 Å². The molecule has 3 aliphatic rings. The van der Waals surface area contributed by atoms with Gasteiger partial charge in [0, 0.05) is 36.8 Å². The number of hydrogen-bond donors (Lipinski definition) is 1. The lowest BCUT2D eigenvalue weighted by molar-refractivity contribution is 0.0974. The van der Waals surface area contributed by atoms with E-state index in [0.29, 0.717) is 34.6 Å². The summed E-state index contributed by atoms with van der Waals surface area (Å²) in [6, 6.07) is 1.82. The molecule has 0 aliphatic carbocycles. The van der Waals surface area contributed by atoms with E-state index in [1.165, 1.54) is 0 Å². The van der Waals surface area contributed by atoms with Gasteiger partial charge in [-0.05, 0) is 26.7 Å². The number of hydrogen-bond acceptors (Lipinski definition) is 8. The van der Waals surface area contributed by atoms with Gasteiger partial charge >= 0.3 is 0 Å². The quantitative estimate of drug-likeness (QED) is 0.784. The standard InChI is InChI=1S/C21H25ClN6O2/c1-12-17(22)15(3-6-24-12)30-20-18-14(9-26-20)27-16(10-25-18)28-7-4-21(5-8-28)11-29-13(2)19(21)23/h3,6,10,13,19H,4-5,7-9,11,23H2,1-2H3/t13-,19+/m0/s1. The molecular weight excluding hydrogens is 404 g/mol. The van der Waals surface area contributed by atoms with Crippen LogP contribution < -0.4 is 15.4 Å². The molecular formula is C21H25ClN6O2. The zero-order valence-electron chi connectivity index (χ0n) is 17.1. The van der Waals surface area contributed by atoms with Crippen LogP contribution in [0, 0.1) is 12.3 Å². The van der Waals surface area contributed by atoms with Crippen LogP contribution in [0.2, 0.25) is 5.02 Å². The fourth-order valence-electron chi connectivity index (χ4n) is 4.52. The largest absolute Gasteiger partial charge is 0.435 e. The molecule has 3 aliphatic heterocycles. The number of aliphatic imine (C=N–C) groups is 1. The number of aromatic nitrogens is 3. The van der Waals surface area contributed by atoms with Crippen LogP contribution in [-0.2, 0) is 11.3 Å². The molecule has 2 N–H and O–H groups in total. The molecule has 0 amide bonds. The summed E-state index contributed by atoms with van der Waals surface area (Å²) >= 11 is 6.29. The number of pyridine rings is 1. The number of nitrogens with two attached hydrogens (primary N) is 1. The maximum atomic E-state index is 6.43. The molecule has 5 heterocycles. The zero-order valence-corrected chi connectivity index (χ0v) is 17.9. The highest BCUT2D eigenvalue weighted by molar-refractivity contribution is 6.32. The van der Waals surface area contributed by atoms with Gasteiger partial charge in [0.15, 0.2) is 5.75 Å². The van der Waals surface area contributed by atoms with Crippen LogP contribution in [-0.4, -0.2) is 52.7 Å². The van der Waals surface area contributed by atoms with Gasteiger partial charge in [-0.2, -0.15) is 0 Å². The minimum Gasteiger partial charge on any atom is -0.435 e. The number of halogens is 1. The van der Waals surface area contributed by atoms with Gasteiger partial charge in [0.05, 0.1) is 36.8 Å². The molecule has 9 heteroatoms. The summed E-state index contributed by atoms with van der Waals surface area (Å²) in [5, 5.41) is 0.476. The normalized spacial score (nSPS) is 24.8. The Kier molecular flexibility index (Phi) is 4.88. The molecule has 0 saturated carbocycles. The van der Waals surface area contributed by atoms with Gasteiger partial charge in [-0.1, -0.05) is 11.6 Å². The van der Waals surface area contributed by atoms with E-state index in [1.807, 2.05) is 6.92 Å². The van der Waals surface area contributed by atoms with Crippen molar-refractivity contribution in [3.63, 3.8) is 0 Å². The van der Waals surface area contributed by atoms with Crippen molar-refractivity contribution in [3.05, 3.63) is 40.6 Å². The molecule has 158 valence electrons. The SMILES string of the molecule is Cc1nccc(OC2=NCc3nc(N4CCC5(CC4)CO[C@@H](C)[C@H]5N)cnc32)c1Cl. The number of aryl methyl sites for hydroxylation is 1. The second-order valence-electron chi connectivity index (χ2n) is 8.35. The van der Waals surface area contributed by atoms with Gasteiger partial charge in [0.1, 0.15) is 16.5 Å². The summed E-state index contributed by atoms with van der Waals surface area (Å²) in [5.74, 6) is 1.84. The van der Waals surface area contributed by atoms with E-state index in [2.05, 4.69) is 26.8 Å². The highest BCUT2D eigenvalue weighted by atomic mass is 35.5. The van der Waals surface area contributed by atoms with Crippen LogP contribution in [0.5, 0.6) is 5.75 Å². The second-order valence-corrected chi connectivity index (χ2v) is 8.72. The molecule has 0 bridgehead atoms. The van der Waals surface area contributed by atoms with Crippen molar-refractivity contribution in [2.24, 2.45) is 16.1 Å². The van der Waals surface area contributed by atoms with Gasteiger partial charge in [0.2, 0.25) is 5.90 Å².